The Bertz CT molecular complexity index is 686. The molecule has 1 aromatic heterocycles. The van der Waals surface area contributed by atoms with Gasteiger partial charge in [0.05, 0.1) is 6.26 Å². The van der Waals surface area contributed by atoms with E-state index in [4.69, 9.17) is 4.42 Å². The maximum Gasteiger partial charge on any atom is 0.191 e. The Morgan fingerprint density at radius 3 is 3.00 bits per heavy atom. The molecule has 1 aliphatic heterocycles. The smallest absolute Gasteiger partial charge is 0.191 e. The summed E-state index contributed by atoms with van der Waals surface area (Å²) < 4.78 is 6.48. The van der Waals surface area contributed by atoms with Gasteiger partial charge in [-0.2, -0.15) is 0 Å². The standard InChI is InChI=1S/C19H25BrN4O/c1-21-19(22-9-7-18-6-3-11-25-18)23-13-15-8-10-24(14-15)17-5-2-4-16(20)12-17/h2-6,11-12,15H,7-10,13-14H2,1H3,(H2,21,22,23). The number of hydrogen-bond donors (Lipinski definition) is 2. The van der Waals surface area contributed by atoms with Crippen molar-refractivity contribution in [1.82, 2.24) is 10.6 Å². The monoisotopic (exact) mass is 404 g/mol. The van der Waals surface area contributed by atoms with E-state index in [0.29, 0.717) is 5.92 Å². The van der Waals surface area contributed by atoms with Gasteiger partial charge >= 0.3 is 0 Å². The third-order valence-corrected chi connectivity index (χ3v) is 4.98. The van der Waals surface area contributed by atoms with Crippen molar-refractivity contribution >= 4 is 27.6 Å². The van der Waals surface area contributed by atoms with Crippen molar-refractivity contribution in [3.8, 4) is 0 Å². The lowest BCUT2D eigenvalue weighted by Crippen LogP contribution is -2.41. The molecular formula is C19H25BrN4O. The Balaban J connectivity index is 1.40. The summed E-state index contributed by atoms with van der Waals surface area (Å²) >= 11 is 3.55. The van der Waals surface area contributed by atoms with E-state index in [0.717, 1.165) is 48.8 Å². The molecule has 2 heterocycles. The van der Waals surface area contributed by atoms with Crippen molar-refractivity contribution in [3.05, 3.63) is 52.9 Å². The van der Waals surface area contributed by atoms with Crippen LogP contribution in [0.3, 0.4) is 0 Å². The molecule has 2 N–H and O–H groups in total. The van der Waals surface area contributed by atoms with E-state index in [2.05, 4.69) is 60.7 Å². The number of nitrogens with one attached hydrogen (secondary N) is 2. The summed E-state index contributed by atoms with van der Waals surface area (Å²) in [6.45, 7) is 3.92. The van der Waals surface area contributed by atoms with Crippen LogP contribution in [0.4, 0.5) is 5.69 Å². The predicted molar refractivity (Wildman–Crippen MR) is 106 cm³/mol. The minimum atomic E-state index is 0.627. The average Bonchev–Trinajstić information content (AvgIpc) is 3.30. The lowest BCUT2D eigenvalue weighted by molar-refractivity contribution is 0.506. The van der Waals surface area contributed by atoms with E-state index < -0.39 is 0 Å². The first-order valence-electron chi connectivity index (χ1n) is 8.72. The van der Waals surface area contributed by atoms with Gasteiger partial charge < -0.3 is 20.0 Å². The average molecular weight is 405 g/mol. The van der Waals surface area contributed by atoms with E-state index in [-0.39, 0.29) is 0 Å². The van der Waals surface area contributed by atoms with Gasteiger partial charge in [0.25, 0.3) is 0 Å². The van der Waals surface area contributed by atoms with Gasteiger partial charge in [0.2, 0.25) is 0 Å². The largest absolute Gasteiger partial charge is 0.469 e. The highest BCUT2D eigenvalue weighted by Crippen LogP contribution is 2.25. The van der Waals surface area contributed by atoms with Gasteiger partial charge in [0.1, 0.15) is 5.76 Å². The second-order valence-corrected chi connectivity index (χ2v) is 7.21. The molecule has 0 amide bonds. The first-order chi connectivity index (χ1) is 12.2. The highest BCUT2D eigenvalue weighted by Gasteiger charge is 2.22. The van der Waals surface area contributed by atoms with Crippen LogP contribution in [-0.4, -0.2) is 39.2 Å². The van der Waals surface area contributed by atoms with Crippen LogP contribution in [0.15, 0.2) is 56.5 Å². The molecule has 134 valence electrons. The second-order valence-electron chi connectivity index (χ2n) is 6.29. The zero-order chi connectivity index (χ0) is 17.5. The number of rotatable bonds is 6. The van der Waals surface area contributed by atoms with Crippen molar-refractivity contribution < 1.29 is 4.42 Å². The molecule has 3 rings (SSSR count). The fourth-order valence-corrected chi connectivity index (χ4v) is 3.51. The topological polar surface area (TPSA) is 52.8 Å². The lowest BCUT2D eigenvalue weighted by atomic mass is 10.1. The highest BCUT2D eigenvalue weighted by atomic mass is 79.9. The Morgan fingerprint density at radius 2 is 2.24 bits per heavy atom. The van der Waals surface area contributed by atoms with Gasteiger partial charge in [-0.15, -0.1) is 0 Å². The quantitative estimate of drug-likeness (QED) is 0.572. The number of aliphatic imine (C=N–C) groups is 1. The highest BCUT2D eigenvalue weighted by molar-refractivity contribution is 9.10. The summed E-state index contributed by atoms with van der Waals surface area (Å²) in [7, 11) is 1.81. The van der Waals surface area contributed by atoms with Gasteiger partial charge in [0.15, 0.2) is 5.96 Å². The van der Waals surface area contributed by atoms with Crippen LogP contribution >= 0.6 is 15.9 Å². The predicted octanol–water partition coefficient (Wildman–Crippen LogP) is 3.28. The van der Waals surface area contributed by atoms with Crippen molar-refractivity contribution in [2.24, 2.45) is 10.9 Å². The van der Waals surface area contributed by atoms with Crippen LogP contribution < -0.4 is 15.5 Å². The number of anilines is 1. The molecule has 0 radical (unpaired) electrons. The number of guanidine groups is 1. The molecule has 1 fully saturated rings. The number of benzene rings is 1. The molecule has 0 spiro atoms. The second kappa shape index (κ2) is 8.94. The fraction of sp³-hybridized carbons (Fsp3) is 0.421. The van der Waals surface area contributed by atoms with Crippen LogP contribution in [0.5, 0.6) is 0 Å². The first-order valence-corrected chi connectivity index (χ1v) is 9.51. The lowest BCUT2D eigenvalue weighted by Gasteiger charge is -2.19. The minimum Gasteiger partial charge on any atom is -0.469 e. The van der Waals surface area contributed by atoms with Crippen LogP contribution in [0.1, 0.15) is 12.2 Å². The van der Waals surface area contributed by atoms with Crippen molar-refractivity contribution in [2.45, 2.75) is 12.8 Å². The Kier molecular flexibility index (Phi) is 6.39. The molecule has 0 bridgehead atoms. The summed E-state index contributed by atoms with van der Waals surface area (Å²) in [6.07, 6.45) is 3.76. The molecule has 1 aromatic carbocycles. The van der Waals surface area contributed by atoms with Crippen LogP contribution in [0.25, 0.3) is 0 Å². The summed E-state index contributed by atoms with van der Waals surface area (Å²) in [5, 5.41) is 6.79. The number of halogens is 1. The normalized spacial score (nSPS) is 17.8. The van der Waals surface area contributed by atoms with E-state index in [1.165, 1.54) is 12.1 Å². The molecule has 1 atom stereocenters. The minimum absolute atomic E-state index is 0.627. The molecule has 1 unspecified atom stereocenters. The van der Waals surface area contributed by atoms with Crippen LogP contribution in [-0.2, 0) is 6.42 Å². The molecule has 5 nitrogen and oxygen atoms in total. The maximum atomic E-state index is 5.34. The van der Waals surface area contributed by atoms with Crippen molar-refractivity contribution in [2.75, 3.05) is 38.1 Å². The summed E-state index contributed by atoms with van der Waals surface area (Å²) in [6, 6.07) is 12.4. The van der Waals surface area contributed by atoms with E-state index in [1.807, 2.05) is 19.2 Å². The Morgan fingerprint density at radius 1 is 1.32 bits per heavy atom. The Labute approximate surface area is 157 Å². The molecule has 6 heteroatoms. The molecule has 2 aromatic rings. The zero-order valence-corrected chi connectivity index (χ0v) is 16.1. The summed E-state index contributed by atoms with van der Waals surface area (Å²) in [5.74, 6) is 2.47. The molecular weight excluding hydrogens is 380 g/mol. The molecule has 1 saturated heterocycles. The summed E-state index contributed by atoms with van der Waals surface area (Å²) in [5.41, 5.74) is 1.29. The third-order valence-electron chi connectivity index (χ3n) is 4.48. The van der Waals surface area contributed by atoms with Crippen LogP contribution in [0, 0.1) is 5.92 Å². The van der Waals surface area contributed by atoms with Crippen molar-refractivity contribution in [3.63, 3.8) is 0 Å². The van der Waals surface area contributed by atoms with E-state index >= 15 is 0 Å². The SMILES string of the molecule is CN=C(NCCc1ccco1)NCC1CCN(c2cccc(Br)c2)C1. The third kappa shape index (κ3) is 5.26. The van der Waals surface area contributed by atoms with Gasteiger partial charge in [-0.05, 0) is 42.7 Å². The van der Waals surface area contributed by atoms with Gasteiger partial charge in [-0.1, -0.05) is 22.0 Å². The number of furan rings is 1. The van der Waals surface area contributed by atoms with Gasteiger partial charge in [-0.3, -0.25) is 4.99 Å². The van der Waals surface area contributed by atoms with E-state index in [9.17, 15) is 0 Å². The zero-order valence-electron chi connectivity index (χ0n) is 14.5. The van der Waals surface area contributed by atoms with Crippen molar-refractivity contribution in [1.29, 1.82) is 0 Å². The Hall–Kier alpha value is -1.95. The molecule has 25 heavy (non-hydrogen) atoms. The molecule has 0 saturated carbocycles. The number of hydrogen-bond acceptors (Lipinski definition) is 3. The van der Waals surface area contributed by atoms with Gasteiger partial charge in [-0.25, -0.2) is 0 Å². The number of nitrogens with zero attached hydrogens (tertiary/aromatic N) is 2. The van der Waals surface area contributed by atoms with Gasteiger partial charge in [0, 0.05) is 49.8 Å². The molecule has 1 aliphatic rings. The van der Waals surface area contributed by atoms with E-state index in [1.54, 1.807) is 6.26 Å². The molecule has 0 aliphatic carbocycles. The fourth-order valence-electron chi connectivity index (χ4n) is 3.13. The van der Waals surface area contributed by atoms with Crippen LogP contribution in [0.2, 0.25) is 0 Å². The maximum absolute atomic E-state index is 5.34. The summed E-state index contributed by atoms with van der Waals surface area (Å²) in [4.78, 5) is 6.75. The first kappa shape index (κ1) is 17.9.